The predicted molar refractivity (Wildman–Crippen MR) is 21.5 cm³/mol. The molecule has 2 aliphatic rings. The molecule has 2 unspecified atom stereocenters. The monoisotopic (exact) mass is 104 g/mol. The van der Waals surface area contributed by atoms with Crippen molar-refractivity contribution in [1.82, 2.24) is 0 Å². The van der Waals surface area contributed by atoms with Gasteiger partial charge in [0.05, 0.1) is 0 Å². The second-order valence-electron chi connectivity index (χ2n) is 2.58. The molecule has 2 saturated carbocycles. The van der Waals surface area contributed by atoms with E-state index in [9.17, 15) is 8.78 Å². The topological polar surface area (TPSA) is 0 Å². The maximum Gasteiger partial charge on any atom is 0.109 e. The summed E-state index contributed by atoms with van der Waals surface area (Å²) in [5.41, 5.74) is -0.417. The Kier molecular flexibility index (Phi) is 0.392. The molecule has 2 aliphatic carbocycles. The van der Waals surface area contributed by atoms with Gasteiger partial charge in [-0.1, -0.05) is 0 Å². The summed E-state index contributed by atoms with van der Waals surface area (Å²) in [6, 6.07) is 0. The molecule has 0 bridgehead atoms. The lowest BCUT2D eigenvalue weighted by molar-refractivity contribution is 0.382. The third-order valence-corrected chi connectivity index (χ3v) is 2.05. The maximum atomic E-state index is 12.0. The Hall–Kier alpha value is -0.140. The van der Waals surface area contributed by atoms with Crippen LogP contribution in [-0.4, -0.2) is 12.3 Å². The van der Waals surface area contributed by atoms with Crippen molar-refractivity contribution in [3.8, 4) is 0 Å². The van der Waals surface area contributed by atoms with Crippen LogP contribution in [0.1, 0.15) is 12.8 Å². The fourth-order valence-electron chi connectivity index (χ4n) is 1.08. The zero-order valence-electron chi connectivity index (χ0n) is 3.82. The van der Waals surface area contributed by atoms with Gasteiger partial charge in [0, 0.05) is 5.41 Å². The summed E-state index contributed by atoms with van der Waals surface area (Å²) in [4.78, 5) is 0. The molecule has 7 heavy (non-hydrogen) atoms. The van der Waals surface area contributed by atoms with E-state index >= 15 is 0 Å². The molecule has 0 aromatic heterocycles. The van der Waals surface area contributed by atoms with Crippen LogP contribution in [0, 0.1) is 5.41 Å². The number of halogens is 2. The minimum Gasteiger partial charge on any atom is -0.247 e. The fraction of sp³-hybridized carbons (Fsp3) is 1.00. The van der Waals surface area contributed by atoms with Crippen LogP contribution in [0.4, 0.5) is 8.78 Å². The fourth-order valence-corrected chi connectivity index (χ4v) is 1.08. The highest BCUT2D eigenvalue weighted by atomic mass is 19.2. The van der Waals surface area contributed by atoms with E-state index in [0.717, 1.165) is 0 Å². The highest BCUT2D eigenvalue weighted by Gasteiger charge is 2.73. The van der Waals surface area contributed by atoms with Gasteiger partial charge >= 0.3 is 0 Å². The van der Waals surface area contributed by atoms with Crippen LogP contribution in [0.2, 0.25) is 0 Å². The Labute approximate surface area is 40.5 Å². The Morgan fingerprint density at radius 3 is 1.43 bits per heavy atom. The smallest absolute Gasteiger partial charge is 0.109 e. The average Bonchev–Trinajstić information content (AvgIpc) is 2.28. The van der Waals surface area contributed by atoms with E-state index in [0.29, 0.717) is 12.8 Å². The summed E-state index contributed by atoms with van der Waals surface area (Å²) in [6.45, 7) is 0. The molecule has 1 spiro atoms. The largest absolute Gasteiger partial charge is 0.247 e. The summed E-state index contributed by atoms with van der Waals surface area (Å²) in [5.74, 6) is 0. The van der Waals surface area contributed by atoms with Crippen LogP contribution in [0.3, 0.4) is 0 Å². The molecule has 2 rings (SSSR count). The standard InChI is InChI=1S/C5H6F2/c6-3-1-5(3)2-4(5)7/h3-4H,1-2H2. The van der Waals surface area contributed by atoms with E-state index in [1.54, 1.807) is 0 Å². The number of hydrogen-bond donors (Lipinski definition) is 0. The van der Waals surface area contributed by atoms with Crippen molar-refractivity contribution in [2.75, 3.05) is 0 Å². The maximum absolute atomic E-state index is 12.0. The minimum atomic E-state index is -0.789. The van der Waals surface area contributed by atoms with E-state index in [4.69, 9.17) is 0 Å². The highest BCUT2D eigenvalue weighted by Crippen LogP contribution is 2.68. The zero-order valence-corrected chi connectivity index (χ0v) is 3.82. The van der Waals surface area contributed by atoms with E-state index in [-0.39, 0.29) is 0 Å². The molecule has 0 aliphatic heterocycles. The molecule has 2 fully saturated rings. The quantitative estimate of drug-likeness (QED) is 0.436. The first kappa shape index (κ1) is 3.81. The molecule has 0 radical (unpaired) electrons. The highest BCUT2D eigenvalue weighted by molar-refractivity contribution is 5.20. The summed E-state index contributed by atoms with van der Waals surface area (Å²) < 4.78 is 23.9. The summed E-state index contributed by atoms with van der Waals surface area (Å²) in [6.07, 6.45) is -0.590. The summed E-state index contributed by atoms with van der Waals surface area (Å²) in [7, 11) is 0. The molecular weight excluding hydrogens is 98.1 g/mol. The van der Waals surface area contributed by atoms with Crippen LogP contribution in [0.25, 0.3) is 0 Å². The van der Waals surface area contributed by atoms with Gasteiger partial charge in [-0.05, 0) is 12.8 Å². The van der Waals surface area contributed by atoms with Crippen molar-refractivity contribution >= 4 is 0 Å². The third-order valence-electron chi connectivity index (χ3n) is 2.05. The first-order valence-electron chi connectivity index (χ1n) is 2.54. The predicted octanol–water partition coefficient (Wildman–Crippen LogP) is 1.46. The van der Waals surface area contributed by atoms with Crippen LogP contribution in [-0.2, 0) is 0 Å². The molecule has 0 nitrogen and oxygen atoms in total. The molecule has 0 aromatic rings. The average molecular weight is 104 g/mol. The SMILES string of the molecule is FC1CC12CC2F. The number of hydrogen-bond acceptors (Lipinski definition) is 0. The summed E-state index contributed by atoms with van der Waals surface area (Å²) >= 11 is 0. The van der Waals surface area contributed by atoms with Gasteiger partial charge in [-0.2, -0.15) is 0 Å². The normalized spacial score (nSPS) is 66.0. The van der Waals surface area contributed by atoms with Gasteiger partial charge in [-0.15, -0.1) is 0 Å². The second-order valence-corrected chi connectivity index (χ2v) is 2.58. The van der Waals surface area contributed by atoms with Crippen LogP contribution < -0.4 is 0 Å². The molecule has 0 N–H and O–H groups in total. The van der Waals surface area contributed by atoms with Gasteiger partial charge in [0.1, 0.15) is 12.3 Å². The molecule has 2 heteroatoms. The van der Waals surface area contributed by atoms with Crippen molar-refractivity contribution in [1.29, 1.82) is 0 Å². The van der Waals surface area contributed by atoms with Gasteiger partial charge in [0.25, 0.3) is 0 Å². The van der Waals surface area contributed by atoms with Gasteiger partial charge in [-0.25, -0.2) is 8.78 Å². The van der Waals surface area contributed by atoms with E-state index in [1.165, 1.54) is 0 Å². The van der Waals surface area contributed by atoms with E-state index in [1.807, 2.05) is 0 Å². The van der Waals surface area contributed by atoms with Gasteiger partial charge < -0.3 is 0 Å². The van der Waals surface area contributed by atoms with Crippen molar-refractivity contribution in [2.24, 2.45) is 5.41 Å². The first-order valence-corrected chi connectivity index (χ1v) is 2.54. The van der Waals surface area contributed by atoms with E-state index in [2.05, 4.69) is 0 Å². The lowest BCUT2D eigenvalue weighted by atomic mass is 10.4. The Morgan fingerprint density at radius 1 is 1.14 bits per heavy atom. The molecule has 2 atom stereocenters. The summed E-state index contributed by atoms with van der Waals surface area (Å²) in [5, 5.41) is 0. The van der Waals surface area contributed by atoms with Crippen LogP contribution in [0.5, 0.6) is 0 Å². The number of rotatable bonds is 0. The molecule has 0 saturated heterocycles. The van der Waals surface area contributed by atoms with Gasteiger partial charge in [0.15, 0.2) is 0 Å². The lowest BCUT2D eigenvalue weighted by Crippen LogP contribution is -1.79. The molecule has 0 heterocycles. The van der Waals surface area contributed by atoms with Crippen molar-refractivity contribution in [3.63, 3.8) is 0 Å². The Morgan fingerprint density at radius 2 is 1.43 bits per heavy atom. The van der Waals surface area contributed by atoms with Crippen molar-refractivity contribution in [3.05, 3.63) is 0 Å². The first-order chi connectivity index (χ1) is 3.26. The van der Waals surface area contributed by atoms with Crippen LogP contribution >= 0.6 is 0 Å². The lowest BCUT2D eigenvalue weighted by Gasteiger charge is -1.73. The number of alkyl halides is 2. The Balaban J connectivity index is 2.11. The van der Waals surface area contributed by atoms with Crippen molar-refractivity contribution in [2.45, 2.75) is 25.2 Å². The van der Waals surface area contributed by atoms with Gasteiger partial charge in [-0.3, -0.25) is 0 Å². The van der Waals surface area contributed by atoms with Crippen LogP contribution in [0.15, 0.2) is 0 Å². The van der Waals surface area contributed by atoms with E-state index < -0.39 is 17.8 Å². The second kappa shape index (κ2) is 0.721. The molecule has 40 valence electrons. The zero-order chi connectivity index (χ0) is 5.07. The van der Waals surface area contributed by atoms with Crippen molar-refractivity contribution < 1.29 is 8.78 Å². The third kappa shape index (κ3) is 0.274. The van der Waals surface area contributed by atoms with Gasteiger partial charge in [0.2, 0.25) is 0 Å². The molecule has 0 amide bonds. The minimum absolute atomic E-state index is 0.417. The Bertz CT molecular complexity index is 96.6. The molecular formula is C5H6F2. The molecule has 0 aromatic carbocycles.